The first kappa shape index (κ1) is 15.5. The van der Waals surface area contributed by atoms with Gasteiger partial charge in [-0.15, -0.1) is 0 Å². The van der Waals surface area contributed by atoms with Gasteiger partial charge in [0.05, 0.1) is 17.8 Å². The van der Waals surface area contributed by atoms with Gasteiger partial charge in [0.2, 0.25) is 0 Å². The van der Waals surface area contributed by atoms with Crippen LogP contribution in [0.25, 0.3) is 0 Å². The van der Waals surface area contributed by atoms with Crippen molar-refractivity contribution in [2.45, 2.75) is 71.1 Å². The molecule has 0 saturated carbocycles. The molecule has 0 spiro atoms. The number of ether oxygens (including phenoxy) is 1. The highest BCUT2D eigenvalue weighted by atomic mass is 16.5. The van der Waals surface area contributed by atoms with Crippen LogP contribution in [0.4, 0.5) is 0 Å². The van der Waals surface area contributed by atoms with E-state index in [4.69, 9.17) is 4.74 Å². The average molecular weight is 279 g/mol. The van der Waals surface area contributed by atoms with Crippen LogP contribution < -0.4 is 5.32 Å². The molecule has 1 atom stereocenters. The van der Waals surface area contributed by atoms with Crippen LogP contribution in [0.15, 0.2) is 12.3 Å². The van der Waals surface area contributed by atoms with Crippen molar-refractivity contribution in [1.82, 2.24) is 15.1 Å². The zero-order chi connectivity index (χ0) is 14.2. The average Bonchev–Trinajstić information content (AvgIpc) is 2.95. The van der Waals surface area contributed by atoms with E-state index in [1.165, 1.54) is 19.3 Å². The van der Waals surface area contributed by atoms with Gasteiger partial charge < -0.3 is 10.1 Å². The second-order valence-corrected chi connectivity index (χ2v) is 5.71. The molecule has 2 rings (SSSR count). The minimum Gasteiger partial charge on any atom is -0.378 e. The predicted octanol–water partition coefficient (Wildman–Crippen LogP) is 3.29. The Kier molecular flexibility index (Phi) is 6.54. The topological polar surface area (TPSA) is 39.1 Å². The Balaban J connectivity index is 1.66. The largest absolute Gasteiger partial charge is 0.378 e. The third kappa shape index (κ3) is 4.60. The van der Waals surface area contributed by atoms with Gasteiger partial charge in [-0.3, -0.25) is 4.68 Å². The second kappa shape index (κ2) is 8.42. The summed E-state index contributed by atoms with van der Waals surface area (Å²) in [6, 6.07) is 2.67. The smallest absolute Gasteiger partial charge is 0.0762 e. The maximum atomic E-state index is 5.74. The van der Waals surface area contributed by atoms with Gasteiger partial charge in [0.1, 0.15) is 0 Å². The molecule has 0 radical (unpaired) electrons. The Labute approximate surface area is 122 Å². The molecule has 2 heterocycles. The SMILES string of the molecule is CCC(CC)n1ccc(CNCCC2CCCCO2)n1. The van der Waals surface area contributed by atoms with Crippen LogP contribution in [0.5, 0.6) is 0 Å². The zero-order valence-corrected chi connectivity index (χ0v) is 13.0. The minimum absolute atomic E-state index is 0.471. The van der Waals surface area contributed by atoms with Gasteiger partial charge in [0.15, 0.2) is 0 Å². The third-order valence-electron chi connectivity index (χ3n) is 4.20. The first-order valence-electron chi connectivity index (χ1n) is 8.19. The van der Waals surface area contributed by atoms with Crippen molar-refractivity contribution in [3.8, 4) is 0 Å². The maximum Gasteiger partial charge on any atom is 0.0762 e. The Morgan fingerprint density at radius 1 is 1.40 bits per heavy atom. The predicted molar refractivity (Wildman–Crippen MR) is 81.8 cm³/mol. The van der Waals surface area contributed by atoms with Crippen molar-refractivity contribution in [3.05, 3.63) is 18.0 Å². The molecule has 1 aromatic rings. The van der Waals surface area contributed by atoms with E-state index in [9.17, 15) is 0 Å². The lowest BCUT2D eigenvalue weighted by molar-refractivity contribution is 0.0115. The molecule has 0 bridgehead atoms. The summed E-state index contributed by atoms with van der Waals surface area (Å²) in [6.45, 7) is 7.27. The van der Waals surface area contributed by atoms with Gasteiger partial charge in [-0.1, -0.05) is 13.8 Å². The van der Waals surface area contributed by atoms with E-state index in [0.29, 0.717) is 12.1 Å². The fraction of sp³-hybridized carbons (Fsp3) is 0.812. The van der Waals surface area contributed by atoms with E-state index >= 15 is 0 Å². The molecule has 4 nitrogen and oxygen atoms in total. The monoisotopic (exact) mass is 279 g/mol. The van der Waals surface area contributed by atoms with Crippen LogP contribution in [-0.2, 0) is 11.3 Å². The molecule has 1 fully saturated rings. The van der Waals surface area contributed by atoms with Crippen molar-refractivity contribution < 1.29 is 4.74 Å². The summed E-state index contributed by atoms with van der Waals surface area (Å²) >= 11 is 0. The Bertz CT molecular complexity index is 368. The molecule has 1 saturated heterocycles. The molecule has 1 aromatic heterocycles. The molecule has 4 heteroatoms. The van der Waals surface area contributed by atoms with Gasteiger partial charge in [-0.2, -0.15) is 5.10 Å². The van der Waals surface area contributed by atoms with Crippen LogP contribution in [0.1, 0.15) is 64.1 Å². The van der Waals surface area contributed by atoms with Gasteiger partial charge in [0, 0.05) is 19.3 Å². The van der Waals surface area contributed by atoms with Crippen LogP contribution >= 0.6 is 0 Å². The molecule has 0 aliphatic carbocycles. The molecule has 0 aromatic carbocycles. The van der Waals surface area contributed by atoms with Crippen LogP contribution in [0.2, 0.25) is 0 Å². The lowest BCUT2D eigenvalue weighted by Gasteiger charge is -2.22. The highest BCUT2D eigenvalue weighted by Gasteiger charge is 2.13. The van der Waals surface area contributed by atoms with Crippen molar-refractivity contribution in [1.29, 1.82) is 0 Å². The third-order valence-corrected chi connectivity index (χ3v) is 4.20. The molecule has 1 unspecified atom stereocenters. The molecule has 114 valence electrons. The summed E-state index contributed by atoms with van der Waals surface area (Å²) in [6.07, 6.45) is 9.77. The number of hydrogen-bond acceptors (Lipinski definition) is 3. The van der Waals surface area contributed by atoms with E-state index in [0.717, 1.165) is 44.7 Å². The first-order valence-corrected chi connectivity index (χ1v) is 8.19. The van der Waals surface area contributed by atoms with E-state index < -0.39 is 0 Å². The van der Waals surface area contributed by atoms with Crippen LogP contribution in [0, 0.1) is 0 Å². The maximum absolute atomic E-state index is 5.74. The Hall–Kier alpha value is -0.870. The summed E-state index contributed by atoms with van der Waals surface area (Å²) in [7, 11) is 0. The van der Waals surface area contributed by atoms with Gasteiger partial charge >= 0.3 is 0 Å². The van der Waals surface area contributed by atoms with Crippen molar-refractivity contribution in [3.63, 3.8) is 0 Å². The Morgan fingerprint density at radius 2 is 2.25 bits per heavy atom. The van der Waals surface area contributed by atoms with Crippen LogP contribution in [-0.4, -0.2) is 29.0 Å². The fourth-order valence-corrected chi connectivity index (χ4v) is 2.85. The number of nitrogens with one attached hydrogen (secondary N) is 1. The zero-order valence-electron chi connectivity index (χ0n) is 13.0. The molecule has 1 N–H and O–H groups in total. The minimum atomic E-state index is 0.471. The molecular weight excluding hydrogens is 250 g/mol. The van der Waals surface area contributed by atoms with Gasteiger partial charge in [0.25, 0.3) is 0 Å². The quantitative estimate of drug-likeness (QED) is 0.742. The second-order valence-electron chi connectivity index (χ2n) is 5.71. The van der Waals surface area contributed by atoms with E-state index in [2.05, 4.69) is 41.2 Å². The lowest BCUT2D eigenvalue weighted by Crippen LogP contribution is -2.25. The van der Waals surface area contributed by atoms with Crippen molar-refractivity contribution in [2.75, 3.05) is 13.2 Å². The normalized spacial score (nSPS) is 19.6. The number of rotatable bonds is 8. The fourth-order valence-electron chi connectivity index (χ4n) is 2.85. The summed E-state index contributed by atoms with van der Waals surface area (Å²) in [5.41, 5.74) is 1.14. The standard InChI is InChI=1S/C16H29N3O/c1-3-15(4-2)19-11-9-14(18-19)13-17-10-8-16-7-5-6-12-20-16/h9,11,15-17H,3-8,10,12-13H2,1-2H3. The molecule has 0 amide bonds. The van der Waals surface area contributed by atoms with Gasteiger partial charge in [-0.05, 0) is 51.1 Å². The van der Waals surface area contributed by atoms with E-state index in [1.807, 2.05) is 0 Å². The molecular formula is C16H29N3O. The summed E-state index contributed by atoms with van der Waals surface area (Å²) < 4.78 is 7.85. The number of nitrogens with zero attached hydrogens (tertiary/aromatic N) is 2. The highest BCUT2D eigenvalue weighted by Crippen LogP contribution is 2.15. The summed E-state index contributed by atoms with van der Waals surface area (Å²) in [5.74, 6) is 0. The number of hydrogen-bond donors (Lipinski definition) is 1. The summed E-state index contributed by atoms with van der Waals surface area (Å²) in [5, 5.41) is 8.14. The highest BCUT2D eigenvalue weighted by molar-refractivity contribution is 4.99. The summed E-state index contributed by atoms with van der Waals surface area (Å²) in [4.78, 5) is 0. The molecule has 20 heavy (non-hydrogen) atoms. The first-order chi connectivity index (χ1) is 9.83. The number of aromatic nitrogens is 2. The van der Waals surface area contributed by atoms with E-state index in [-0.39, 0.29) is 0 Å². The Morgan fingerprint density at radius 3 is 2.95 bits per heavy atom. The molecule has 1 aliphatic rings. The van der Waals surface area contributed by atoms with Gasteiger partial charge in [-0.25, -0.2) is 0 Å². The van der Waals surface area contributed by atoms with E-state index in [1.54, 1.807) is 0 Å². The lowest BCUT2D eigenvalue weighted by atomic mass is 10.1. The molecule has 1 aliphatic heterocycles. The van der Waals surface area contributed by atoms with Crippen molar-refractivity contribution in [2.24, 2.45) is 0 Å². The van der Waals surface area contributed by atoms with Crippen molar-refractivity contribution >= 4 is 0 Å². The van der Waals surface area contributed by atoms with Crippen LogP contribution in [0.3, 0.4) is 0 Å².